The molecule has 1 amide bonds. The standard InChI is InChI=1S/C12H23NO3/c1-9(2)7-5-4-6-8-11(14)13-10(3)12(15)16/h9-10H,4-8H2,1-3H3,(H,13,14)(H,15,16). The van der Waals surface area contributed by atoms with Crippen molar-refractivity contribution in [2.24, 2.45) is 5.92 Å². The predicted octanol–water partition coefficient (Wildman–Crippen LogP) is 2.18. The predicted molar refractivity (Wildman–Crippen MR) is 63.2 cm³/mol. The van der Waals surface area contributed by atoms with Gasteiger partial charge in [0, 0.05) is 6.42 Å². The number of carboxylic acid groups (broad SMARTS) is 1. The van der Waals surface area contributed by atoms with Gasteiger partial charge in [0.25, 0.3) is 0 Å². The number of hydrogen-bond acceptors (Lipinski definition) is 2. The lowest BCUT2D eigenvalue weighted by Crippen LogP contribution is -2.38. The molecule has 1 atom stereocenters. The second kappa shape index (κ2) is 8.13. The van der Waals surface area contributed by atoms with E-state index in [9.17, 15) is 9.59 Å². The van der Waals surface area contributed by atoms with Crippen LogP contribution in [0.5, 0.6) is 0 Å². The van der Waals surface area contributed by atoms with E-state index in [0.29, 0.717) is 12.3 Å². The summed E-state index contributed by atoms with van der Waals surface area (Å²) in [6.07, 6.45) is 4.63. The summed E-state index contributed by atoms with van der Waals surface area (Å²) in [4.78, 5) is 21.8. The lowest BCUT2D eigenvalue weighted by atomic mass is 10.0. The molecule has 0 aliphatic carbocycles. The molecule has 16 heavy (non-hydrogen) atoms. The summed E-state index contributed by atoms with van der Waals surface area (Å²) in [5, 5.41) is 11.0. The molecule has 0 aromatic carbocycles. The lowest BCUT2D eigenvalue weighted by Gasteiger charge is -2.09. The third-order valence-electron chi connectivity index (χ3n) is 2.43. The monoisotopic (exact) mass is 229 g/mol. The van der Waals surface area contributed by atoms with Crippen molar-refractivity contribution < 1.29 is 14.7 Å². The molecule has 0 saturated carbocycles. The first-order chi connectivity index (χ1) is 7.43. The fourth-order valence-corrected chi connectivity index (χ4v) is 1.39. The number of carbonyl (C=O) groups is 2. The maximum atomic E-state index is 11.3. The van der Waals surface area contributed by atoms with Crippen LogP contribution in [0.25, 0.3) is 0 Å². The van der Waals surface area contributed by atoms with E-state index in [1.807, 2.05) is 0 Å². The highest BCUT2D eigenvalue weighted by atomic mass is 16.4. The second-order valence-electron chi connectivity index (χ2n) is 4.62. The smallest absolute Gasteiger partial charge is 0.325 e. The molecule has 0 fully saturated rings. The van der Waals surface area contributed by atoms with Crippen LogP contribution in [0.3, 0.4) is 0 Å². The largest absolute Gasteiger partial charge is 0.480 e. The first-order valence-corrected chi connectivity index (χ1v) is 5.95. The zero-order valence-electron chi connectivity index (χ0n) is 10.5. The highest BCUT2D eigenvalue weighted by molar-refractivity contribution is 5.83. The Labute approximate surface area is 97.4 Å². The van der Waals surface area contributed by atoms with Crippen LogP contribution in [0.2, 0.25) is 0 Å². The van der Waals surface area contributed by atoms with Gasteiger partial charge in [-0.25, -0.2) is 0 Å². The normalized spacial score (nSPS) is 12.5. The summed E-state index contributed by atoms with van der Waals surface area (Å²) in [5.74, 6) is -0.450. The molecule has 0 aliphatic heterocycles. The Bertz CT molecular complexity index is 226. The Kier molecular flexibility index (Phi) is 7.60. The van der Waals surface area contributed by atoms with Crippen molar-refractivity contribution in [3.8, 4) is 0 Å². The van der Waals surface area contributed by atoms with Gasteiger partial charge >= 0.3 is 5.97 Å². The number of hydrogen-bond donors (Lipinski definition) is 2. The summed E-state index contributed by atoms with van der Waals surface area (Å²) >= 11 is 0. The van der Waals surface area contributed by atoms with Crippen molar-refractivity contribution in [1.82, 2.24) is 5.32 Å². The van der Waals surface area contributed by atoms with E-state index in [0.717, 1.165) is 19.3 Å². The fourth-order valence-electron chi connectivity index (χ4n) is 1.39. The number of unbranched alkanes of at least 4 members (excludes halogenated alkanes) is 2. The quantitative estimate of drug-likeness (QED) is 0.627. The van der Waals surface area contributed by atoms with Crippen LogP contribution in [0.4, 0.5) is 0 Å². The molecule has 0 aromatic rings. The average molecular weight is 229 g/mol. The van der Waals surface area contributed by atoms with Crippen LogP contribution in [0.1, 0.15) is 52.9 Å². The van der Waals surface area contributed by atoms with Gasteiger partial charge in [-0.2, -0.15) is 0 Å². The number of carbonyl (C=O) groups excluding carboxylic acids is 1. The van der Waals surface area contributed by atoms with Crippen LogP contribution in [0.15, 0.2) is 0 Å². The van der Waals surface area contributed by atoms with E-state index in [4.69, 9.17) is 5.11 Å². The zero-order chi connectivity index (χ0) is 12.6. The highest BCUT2D eigenvalue weighted by Crippen LogP contribution is 2.09. The molecule has 0 heterocycles. The maximum absolute atomic E-state index is 11.3. The van der Waals surface area contributed by atoms with E-state index in [2.05, 4.69) is 19.2 Å². The summed E-state index contributed by atoms with van der Waals surface area (Å²) < 4.78 is 0. The molecule has 0 aliphatic rings. The maximum Gasteiger partial charge on any atom is 0.325 e. The van der Waals surface area contributed by atoms with Crippen LogP contribution in [-0.4, -0.2) is 23.0 Å². The van der Waals surface area contributed by atoms with Crippen molar-refractivity contribution in [3.63, 3.8) is 0 Å². The Morgan fingerprint density at radius 1 is 1.12 bits per heavy atom. The second-order valence-corrected chi connectivity index (χ2v) is 4.62. The van der Waals surface area contributed by atoms with Gasteiger partial charge in [-0.1, -0.05) is 33.1 Å². The van der Waals surface area contributed by atoms with Crippen molar-refractivity contribution in [2.45, 2.75) is 58.9 Å². The van der Waals surface area contributed by atoms with Gasteiger partial charge in [-0.15, -0.1) is 0 Å². The topological polar surface area (TPSA) is 66.4 Å². The third kappa shape index (κ3) is 8.26. The summed E-state index contributed by atoms with van der Waals surface area (Å²) in [7, 11) is 0. The van der Waals surface area contributed by atoms with Gasteiger partial charge < -0.3 is 10.4 Å². The minimum absolute atomic E-state index is 0.167. The van der Waals surface area contributed by atoms with Crippen molar-refractivity contribution in [2.75, 3.05) is 0 Å². The Hall–Kier alpha value is -1.06. The number of carboxylic acids is 1. The van der Waals surface area contributed by atoms with Crippen molar-refractivity contribution in [3.05, 3.63) is 0 Å². The molecule has 0 aromatic heterocycles. The summed E-state index contributed by atoms with van der Waals surface area (Å²) in [6, 6.07) is -0.789. The van der Waals surface area contributed by atoms with Crippen LogP contribution in [-0.2, 0) is 9.59 Å². The first-order valence-electron chi connectivity index (χ1n) is 5.95. The molecule has 0 saturated heterocycles. The van der Waals surface area contributed by atoms with E-state index >= 15 is 0 Å². The van der Waals surface area contributed by atoms with E-state index in [-0.39, 0.29) is 5.91 Å². The van der Waals surface area contributed by atoms with Crippen LogP contribution >= 0.6 is 0 Å². The number of rotatable bonds is 8. The van der Waals surface area contributed by atoms with Gasteiger partial charge in [-0.05, 0) is 19.3 Å². The highest BCUT2D eigenvalue weighted by Gasteiger charge is 2.12. The minimum atomic E-state index is -0.992. The van der Waals surface area contributed by atoms with Gasteiger partial charge in [-0.3, -0.25) is 9.59 Å². The molecule has 0 radical (unpaired) electrons. The molecule has 0 spiro atoms. The summed E-state index contributed by atoms with van der Waals surface area (Å²) in [6.45, 7) is 5.83. The van der Waals surface area contributed by atoms with Gasteiger partial charge in [0.2, 0.25) is 5.91 Å². The average Bonchev–Trinajstić information content (AvgIpc) is 2.16. The van der Waals surface area contributed by atoms with Crippen LogP contribution < -0.4 is 5.32 Å². The van der Waals surface area contributed by atoms with E-state index in [1.165, 1.54) is 13.3 Å². The van der Waals surface area contributed by atoms with Crippen LogP contribution in [0, 0.1) is 5.92 Å². The van der Waals surface area contributed by atoms with Crippen molar-refractivity contribution >= 4 is 11.9 Å². The third-order valence-corrected chi connectivity index (χ3v) is 2.43. The van der Waals surface area contributed by atoms with E-state index < -0.39 is 12.0 Å². The first kappa shape index (κ1) is 14.9. The number of nitrogens with one attached hydrogen (secondary N) is 1. The molecule has 4 nitrogen and oxygen atoms in total. The molecular formula is C12H23NO3. The Morgan fingerprint density at radius 2 is 1.75 bits per heavy atom. The summed E-state index contributed by atoms with van der Waals surface area (Å²) in [5.41, 5.74) is 0. The fraction of sp³-hybridized carbons (Fsp3) is 0.833. The Balaban J connectivity index is 3.48. The molecule has 0 rings (SSSR count). The zero-order valence-corrected chi connectivity index (χ0v) is 10.5. The molecule has 4 heteroatoms. The van der Waals surface area contributed by atoms with Gasteiger partial charge in [0.1, 0.15) is 6.04 Å². The Morgan fingerprint density at radius 3 is 2.25 bits per heavy atom. The molecule has 2 N–H and O–H groups in total. The minimum Gasteiger partial charge on any atom is -0.480 e. The molecule has 94 valence electrons. The SMILES string of the molecule is CC(C)CCCCCC(=O)NC(C)C(=O)O. The molecule has 0 bridgehead atoms. The molecular weight excluding hydrogens is 206 g/mol. The molecule has 1 unspecified atom stereocenters. The number of aliphatic carboxylic acids is 1. The van der Waals surface area contributed by atoms with Crippen molar-refractivity contribution in [1.29, 1.82) is 0 Å². The lowest BCUT2D eigenvalue weighted by molar-refractivity contribution is -0.141. The van der Waals surface area contributed by atoms with Gasteiger partial charge in [0.15, 0.2) is 0 Å². The van der Waals surface area contributed by atoms with Gasteiger partial charge in [0.05, 0.1) is 0 Å². The van der Waals surface area contributed by atoms with E-state index in [1.54, 1.807) is 0 Å². The number of amides is 1.